The van der Waals surface area contributed by atoms with Crippen LogP contribution in [0.4, 0.5) is 4.39 Å². The van der Waals surface area contributed by atoms with E-state index in [0.717, 1.165) is 26.7 Å². The molecule has 0 unspecified atom stereocenters. The highest BCUT2D eigenvalue weighted by atomic mass is 32.1. The summed E-state index contributed by atoms with van der Waals surface area (Å²) >= 11 is 1.53. The normalized spacial score (nSPS) is 10.8. The lowest BCUT2D eigenvalue weighted by Crippen LogP contribution is -1.94. The van der Waals surface area contributed by atoms with Crippen LogP contribution in [0.15, 0.2) is 18.2 Å². The second-order valence-electron chi connectivity index (χ2n) is 3.75. The summed E-state index contributed by atoms with van der Waals surface area (Å²) < 4.78 is 13.3. The predicted octanol–water partition coefficient (Wildman–Crippen LogP) is 3.02. The monoisotopic (exact) mass is 236 g/mol. The van der Waals surface area contributed by atoms with Crippen LogP contribution >= 0.6 is 11.3 Å². The molecule has 0 aliphatic carbocycles. The van der Waals surface area contributed by atoms with Crippen LogP contribution in [0.5, 0.6) is 0 Å². The highest BCUT2D eigenvalue weighted by Gasteiger charge is 2.09. The Balaban J connectivity index is 2.49. The van der Waals surface area contributed by atoms with Gasteiger partial charge in [-0.05, 0) is 37.6 Å². The molecule has 0 radical (unpaired) electrons. The maximum absolute atomic E-state index is 13.3. The van der Waals surface area contributed by atoms with E-state index in [9.17, 15) is 4.39 Å². The molecular formula is C12H13FN2S. The van der Waals surface area contributed by atoms with Gasteiger partial charge in [-0.15, -0.1) is 11.3 Å². The van der Waals surface area contributed by atoms with Gasteiger partial charge in [0.1, 0.15) is 10.8 Å². The van der Waals surface area contributed by atoms with Gasteiger partial charge in [-0.3, -0.25) is 0 Å². The summed E-state index contributed by atoms with van der Waals surface area (Å²) in [6.45, 7) is 4.28. The van der Waals surface area contributed by atoms with Crippen molar-refractivity contribution >= 4 is 11.3 Å². The zero-order valence-electron chi connectivity index (χ0n) is 9.25. The maximum atomic E-state index is 13.3. The van der Waals surface area contributed by atoms with Crippen molar-refractivity contribution in [2.75, 3.05) is 0 Å². The molecule has 0 atom stereocenters. The third-order valence-electron chi connectivity index (χ3n) is 2.37. The number of rotatable bonds is 2. The molecule has 0 saturated carbocycles. The standard InChI is InChI=1S/C12H13FN2S/c1-7-3-9(5-10(13)4-7)12-15-8(2)11(6-14)16-12/h3-5H,6,14H2,1-2H3. The van der Waals surface area contributed by atoms with Crippen molar-refractivity contribution < 1.29 is 4.39 Å². The summed E-state index contributed by atoms with van der Waals surface area (Å²) in [7, 11) is 0. The predicted molar refractivity (Wildman–Crippen MR) is 64.9 cm³/mol. The first-order chi connectivity index (χ1) is 7.60. The van der Waals surface area contributed by atoms with E-state index in [4.69, 9.17) is 5.73 Å². The van der Waals surface area contributed by atoms with E-state index in [1.165, 1.54) is 23.5 Å². The molecule has 0 aliphatic heterocycles. The molecule has 2 nitrogen and oxygen atoms in total. The van der Waals surface area contributed by atoms with Crippen LogP contribution in [0.2, 0.25) is 0 Å². The van der Waals surface area contributed by atoms with Crippen LogP contribution in [0.25, 0.3) is 10.6 Å². The highest BCUT2D eigenvalue weighted by Crippen LogP contribution is 2.28. The number of hydrogen-bond acceptors (Lipinski definition) is 3. The van der Waals surface area contributed by atoms with Crippen LogP contribution in [0.3, 0.4) is 0 Å². The first-order valence-electron chi connectivity index (χ1n) is 5.04. The molecule has 2 rings (SSSR count). The summed E-state index contributed by atoms with van der Waals surface area (Å²) in [6, 6.07) is 4.95. The van der Waals surface area contributed by atoms with Crippen LogP contribution in [-0.2, 0) is 6.54 Å². The number of thiazole rings is 1. The molecule has 1 aromatic heterocycles. The van der Waals surface area contributed by atoms with E-state index < -0.39 is 0 Å². The molecule has 1 aromatic carbocycles. The lowest BCUT2D eigenvalue weighted by Gasteiger charge is -1.99. The van der Waals surface area contributed by atoms with Gasteiger partial charge in [0, 0.05) is 17.0 Å². The average Bonchev–Trinajstić information content (AvgIpc) is 2.58. The van der Waals surface area contributed by atoms with Gasteiger partial charge in [0.2, 0.25) is 0 Å². The number of aryl methyl sites for hydroxylation is 2. The summed E-state index contributed by atoms with van der Waals surface area (Å²) in [5.74, 6) is -0.225. The lowest BCUT2D eigenvalue weighted by atomic mass is 10.1. The molecule has 0 bridgehead atoms. The number of benzene rings is 1. The second kappa shape index (κ2) is 4.31. The van der Waals surface area contributed by atoms with Crippen LogP contribution in [0.1, 0.15) is 16.1 Å². The SMILES string of the molecule is Cc1cc(F)cc(-c2nc(C)c(CN)s2)c1. The van der Waals surface area contributed by atoms with Crippen molar-refractivity contribution in [3.05, 3.63) is 40.2 Å². The Bertz CT molecular complexity index is 499. The van der Waals surface area contributed by atoms with Gasteiger partial charge in [-0.2, -0.15) is 0 Å². The van der Waals surface area contributed by atoms with Gasteiger partial charge in [-0.25, -0.2) is 9.37 Å². The molecule has 16 heavy (non-hydrogen) atoms. The number of halogens is 1. The quantitative estimate of drug-likeness (QED) is 0.870. The summed E-state index contributed by atoms with van der Waals surface area (Å²) in [6.07, 6.45) is 0. The van der Waals surface area contributed by atoms with Crippen molar-refractivity contribution in [1.29, 1.82) is 0 Å². The molecule has 2 aromatic rings. The molecule has 0 fully saturated rings. The van der Waals surface area contributed by atoms with E-state index in [-0.39, 0.29) is 5.82 Å². The van der Waals surface area contributed by atoms with Crippen molar-refractivity contribution in [2.24, 2.45) is 5.73 Å². The Morgan fingerprint density at radius 1 is 1.31 bits per heavy atom. The first kappa shape index (κ1) is 11.2. The van der Waals surface area contributed by atoms with Crippen molar-refractivity contribution in [3.8, 4) is 10.6 Å². The van der Waals surface area contributed by atoms with Gasteiger partial charge < -0.3 is 5.73 Å². The minimum absolute atomic E-state index is 0.225. The van der Waals surface area contributed by atoms with Crippen molar-refractivity contribution in [3.63, 3.8) is 0 Å². The van der Waals surface area contributed by atoms with E-state index in [2.05, 4.69) is 4.98 Å². The third-order valence-corrected chi connectivity index (χ3v) is 3.60. The maximum Gasteiger partial charge on any atom is 0.124 e. The molecular weight excluding hydrogens is 223 g/mol. The smallest absolute Gasteiger partial charge is 0.124 e. The molecule has 84 valence electrons. The fraction of sp³-hybridized carbons (Fsp3) is 0.250. The van der Waals surface area contributed by atoms with E-state index >= 15 is 0 Å². The molecule has 4 heteroatoms. The van der Waals surface area contributed by atoms with Gasteiger partial charge >= 0.3 is 0 Å². The van der Waals surface area contributed by atoms with Gasteiger partial charge in [0.05, 0.1) is 5.69 Å². The minimum Gasteiger partial charge on any atom is -0.326 e. The third kappa shape index (κ3) is 2.13. The first-order valence-corrected chi connectivity index (χ1v) is 5.85. The van der Waals surface area contributed by atoms with Gasteiger partial charge in [0.25, 0.3) is 0 Å². The van der Waals surface area contributed by atoms with Gasteiger partial charge in [-0.1, -0.05) is 0 Å². The Kier molecular flexibility index (Phi) is 3.03. The largest absolute Gasteiger partial charge is 0.326 e. The number of aromatic nitrogens is 1. The summed E-state index contributed by atoms with van der Waals surface area (Å²) in [5, 5.41) is 0.834. The molecule has 0 saturated heterocycles. The van der Waals surface area contributed by atoms with E-state index in [1.807, 2.05) is 19.9 Å². The van der Waals surface area contributed by atoms with Crippen molar-refractivity contribution in [2.45, 2.75) is 20.4 Å². The zero-order chi connectivity index (χ0) is 11.7. The number of hydrogen-bond donors (Lipinski definition) is 1. The Morgan fingerprint density at radius 2 is 2.06 bits per heavy atom. The number of nitrogens with zero attached hydrogens (tertiary/aromatic N) is 1. The number of nitrogens with two attached hydrogens (primary N) is 1. The fourth-order valence-electron chi connectivity index (χ4n) is 1.60. The highest BCUT2D eigenvalue weighted by molar-refractivity contribution is 7.15. The van der Waals surface area contributed by atoms with Crippen LogP contribution in [0, 0.1) is 19.7 Å². The van der Waals surface area contributed by atoms with Crippen LogP contribution in [-0.4, -0.2) is 4.98 Å². The fourth-order valence-corrected chi connectivity index (χ4v) is 2.53. The average molecular weight is 236 g/mol. The van der Waals surface area contributed by atoms with E-state index in [1.54, 1.807) is 0 Å². The molecule has 1 heterocycles. The summed E-state index contributed by atoms with van der Waals surface area (Å²) in [5.41, 5.74) is 8.26. The topological polar surface area (TPSA) is 38.9 Å². The van der Waals surface area contributed by atoms with Crippen molar-refractivity contribution in [1.82, 2.24) is 4.98 Å². The minimum atomic E-state index is -0.225. The second-order valence-corrected chi connectivity index (χ2v) is 4.83. The Hall–Kier alpha value is -1.26. The Labute approximate surface area is 97.9 Å². The zero-order valence-corrected chi connectivity index (χ0v) is 10.1. The lowest BCUT2D eigenvalue weighted by molar-refractivity contribution is 0.627. The molecule has 2 N–H and O–H groups in total. The van der Waals surface area contributed by atoms with E-state index in [0.29, 0.717) is 6.54 Å². The van der Waals surface area contributed by atoms with Gasteiger partial charge in [0.15, 0.2) is 0 Å². The molecule has 0 aliphatic rings. The molecule has 0 amide bonds. The Morgan fingerprint density at radius 3 is 2.62 bits per heavy atom. The van der Waals surface area contributed by atoms with Crippen LogP contribution < -0.4 is 5.73 Å². The molecule has 0 spiro atoms. The summed E-state index contributed by atoms with van der Waals surface area (Å²) in [4.78, 5) is 5.46.